The van der Waals surface area contributed by atoms with Crippen LogP contribution in [0.3, 0.4) is 0 Å². The third kappa shape index (κ3) is 4.59. The fraction of sp³-hybridized carbons (Fsp3) is 0.412. The van der Waals surface area contributed by atoms with E-state index in [9.17, 15) is 4.79 Å². The van der Waals surface area contributed by atoms with Crippen molar-refractivity contribution in [2.24, 2.45) is 5.73 Å². The van der Waals surface area contributed by atoms with Crippen molar-refractivity contribution in [3.8, 4) is 0 Å². The van der Waals surface area contributed by atoms with Crippen molar-refractivity contribution < 1.29 is 4.79 Å². The maximum Gasteiger partial charge on any atom is 0.224 e. The summed E-state index contributed by atoms with van der Waals surface area (Å²) in [5.41, 5.74) is 7.17. The van der Waals surface area contributed by atoms with Crippen LogP contribution < -0.4 is 5.73 Å². The molecule has 2 N–H and O–H groups in total. The van der Waals surface area contributed by atoms with Crippen LogP contribution in [-0.2, 0) is 4.79 Å². The van der Waals surface area contributed by atoms with E-state index in [-0.39, 0.29) is 24.4 Å². The summed E-state index contributed by atoms with van der Waals surface area (Å²) in [7, 11) is 0. The van der Waals surface area contributed by atoms with E-state index in [0.717, 1.165) is 36.0 Å². The first-order chi connectivity index (χ1) is 11.1. The topological polar surface area (TPSA) is 64.2 Å². The van der Waals surface area contributed by atoms with Crippen LogP contribution >= 0.6 is 28.3 Å². The number of rotatable bonds is 4. The van der Waals surface area contributed by atoms with Crippen LogP contribution in [0.2, 0.25) is 0 Å². The number of carbonyl (C=O) groups is 1. The zero-order valence-electron chi connectivity index (χ0n) is 13.3. The van der Waals surface area contributed by atoms with Gasteiger partial charge in [0.15, 0.2) is 0 Å². The number of nitrogens with zero attached hydrogens (tertiary/aromatic N) is 3. The number of halogens is 2. The van der Waals surface area contributed by atoms with Gasteiger partial charge in [-0.1, -0.05) is 30.3 Å². The molecule has 1 fully saturated rings. The first-order valence-corrected chi connectivity index (χ1v) is 8.71. The van der Waals surface area contributed by atoms with E-state index >= 15 is 0 Å². The summed E-state index contributed by atoms with van der Waals surface area (Å²) in [4.78, 5) is 14.4. The SMILES string of the molecule is Cl.NC(CC(=O)N1CCC(n2cc(Br)cn2)CC1)c1ccccc1. The first-order valence-electron chi connectivity index (χ1n) is 7.91. The second kappa shape index (κ2) is 8.65. The maximum absolute atomic E-state index is 12.4. The van der Waals surface area contributed by atoms with Crippen LogP contribution in [0, 0.1) is 0 Å². The van der Waals surface area contributed by atoms with Crippen LogP contribution in [0.1, 0.15) is 36.9 Å². The molecule has 7 heteroatoms. The quantitative estimate of drug-likeness (QED) is 0.836. The van der Waals surface area contributed by atoms with Crippen molar-refractivity contribution in [3.05, 3.63) is 52.8 Å². The van der Waals surface area contributed by atoms with Gasteiger partial charge in [0.05, 0.1) is 16.7 Å². The molecule has 1 aliphatic rings. The van der Waals surface area contributed by atoms with Crippen molar-refractivity contribution in [1.29, 1.82) is 0 Å². The van der Waals surface area contributed by atoms with Gasteiger partial charge in [-0.3, -0.25) is 9.48 Å². The fourth-order valence-corrected chi connectivity index (χ4v) is 3.33. The number of piperidine rings is 1. The van der Waals surface area contributed by atoms with Gasteiger partial charge in [0.2, 0.25) is 5.91 Å². The monoisotopic (exact) mass is 412 g/mol. The van der Waals surface area contributed by atoms with E-state index in [4.69, 9.17) is 5.73 Å². The summed E-state index contributed by atoms with van der Waals surface area (Å²) < 4.78 is 2.98. The smallest absolute Gasteiger partial charge is 0.224 e. The lowest BCUT2D eigenvalue weighted by Gasteiger charge is -2.32. The molecule has 0 spiro atoms. The molecular weight excluding hydrogens is 392 g/mol. The predicted molar refractivity (Wildman–Crippen MR) is 100 cm³/mol. The van der Waals surface area contributed by atoms with Gasteiger partial charge in [0.1, 0.15) is 0 Å². The zero-order chi connectivity index (χ0) is 16.2. The molecule has 1 amide bonds. The average molecular weight is 414 g/mol. The largest absolute Gasteiger partial charge is 0.342 e. The lowest BCUT2D eigenvalue weighted by atomic mass is 10.0. The minimum absolute atomic E-state index is 0. The number of nitrogens with two attached hydrogens (primary N) is 1. The molecule has 0 bridgehead atoms. The molecule has 3 rings (SSSR count). The molecule has 1 aliphatic heterocycles. The minimum atomic E-state index is -0.233. The fourth-order valence-electron chi connectivity index (χ4n) is 3.03. The molecule has 2 aromatic rings. The third-order valence-corrected chi connectivity index (χ3v) is 4.79. The number of aromatic nitrogens is 2. The van der Waals surface area contributed by atoms with Gasteiger partial charge in [-0.2, -0.15) is 5.10 Å². The van der Waals surface area contributed by atoms with Gasteiger partial charge in [0.25, 0.3) is 0 Å². The van der Waals surface area contributed by atoms with E-state index in [2.05, 4.69) is 21.0 Å². The Bertz CT molecular complexity index is 656. The molecule has 1 atom stereocenters. The Labute approximate surface area is 156 Å². The molecule has 5 nitrogen and oxygen atoms in total. The molecule has 1 aromatic heterocycles. The summed E-state index contributed by atoms with van der Waals surface area (Å²) in [6.45, 7) is 1.53. The Morgan fingerprint density at radius 2 is 1.96 bits per heavy atom. The van der Waals surface area contributed by atoms with Crippen LogP contribution in [0.15, 0.2) is 47.2 Å². The molecule has 0 aliphatic carbocycles. The van der Waals surface area contributed by atoms with Crippen LogP contribution in [-0.4, -0.2) is 33.7 Å². The molecule has 1 aromatic carbocycles. The average Bonchev–Trinajstić information content (AvgIpc) is 3.02. The molecule has 1 saturated heterocycles. The Hall–Kier alpha value is -1.37. The van der Waals surface area contributed by atoms with E-state index in [0.29, 0.717) is 12.5 Å². The van der Waals surface area contributed by atoms with E-state index in [1.165, 1.54) is 0 Å². The second-order valence-electron chi connectivity index (χ2n) is 5.97. The van der Waals surface area contributed by atoms with Crippen molar-refractivity contribution in [1.82, 2.24) is 14.7 Å². The van der Waals surface area contributed by atoms with E-state index in [1.54, 1.807) is 6.20 Å². The normalized spacial score (nSPS) is 16.5. The molecule has 0 radical (unpaired) electrons. The van der Waals surface area contributed by atoms with E-state index < -0.39 is 0 Å². The molecule has 2 heterocycles. The van der Waals surface area contributed by atoms with Crippen LogP contribution in [0.4, 0.5) is 0 Å². The molecular formula is C17H22BrClN4O. The highest BCUT2D eigenvalue weighted by Gasteiger charge is 2.25. The highest BCUT2D eigenvalue weighted by atomic mass is 79.9. The summed E-state index contributed by atoms with van der Waals surface area (Å²) >= 11 is 3.42. The summed E-state index contributed by atoms with van der Waals surface area (Å²) in [5.74, 6) is 0.140. The van der Waals surface area contributed by atoms with Gasteiger partial charge in [0, 0.05) is 31.7 Å². The lowest BCUT2D eigenvalue weighted by molar-refractivity contribution is -0.132. The Balaban J connectivity index is 0.00000208. The highest BCUT2D eigenvalue weighted by Crippen LogP contribution is 2.24. The van der Waals surface area contributed by atoms with Gasteiger partial charge in [-0.25, -0.2) is 0 Å². The van der Waals surface area contributed by atoms with Crippen molar-refractivity contribution in [2.75, 3.05) is 13.1 Å². The Kier molecular flexibility index (Phi) is 6.83. The van der Waals surface area contributed by atoms with Gasteiger partial charge >= 0.3 is 0 Å². The number of hydrogen-bond acceptors (Lipinski definition) is 3. The van der Waals surface area contributed by atoms with Gasteiger partial charge in [-0.15, -0.1) is 12.4 Å². The molecule has 0 saturated carbocycles. The zero-order valence-corrected chi connectivity index (χ0v) is 15.7. The number of likely N-dealkylation sites (tertiary alicyclic amines) is 1. The van der Waals surface area contributed by atoms with Crippen molar-refractivity contribution in [2.45, 2.75) is 31.3 Å². The number of benzene rings is 1. The first kappa shape index (κ1) is 19.0. The van der Waals surface area contributed by atoms with Crippen molar-refractivity contribution >= 4 is 34.2 Å². The summed E-state index contributed by atoms with van der Waals surface area (Å²) in [6.07, 6.45) is 6.02. The van der Waals surface area contributed by atoms with E-state index in [1.807, 2.05) is 46.1 Å². The third-order valence-electron chi connectivity index (χ3n) is 4.38. The number of hydrogen-bond donors (Lipinski definition) is 1. The van der Waals surface area contributed by atoms with Gasteiger partial charge < -0.3 is 10.6 Å². The van der Waals surface area contributed by atoms with Crippen LogP contribution in [0.25, 0.3) is 0 Å². The second-order valence-corrected chi connectivity index (χ2v) is 6.89. The Morgan fingerprint density at radius 1 is 1.29 bits per heavy atom. The molecule has 24 heavy (non-hydrogen) atoms. The standard InChI is InChI=1S/C17H21BrN4O.ClH/c18-14-11-20-22(12-14)15-6-8-21(9-7-15)17(23)10-16(19)13-4-2-1-3-5-13;/h1-5,11-12,15-16H,6-10,19H2;1H. The lowest BCUT2D eigenvalue weighted by Crippen LogP contribution is -2.40. The maximum atomic E-state index is 12.4. The number of amides is 1. The van der Waals surface area contributed by atoms with Gasteiger partial charge in [-0.05, 0) is 34.3 Å². The minimum Gasteiger partial charge on any atom is -0.342 e. The summed E-state index contributed by atoms with van der Waals surface area (Å²) in [6, 6.07) is 9.94. The predicted octanol–water partition coefficient (Wildman–Crippen LogP) is 3.32. The molecule has 130 valence electrons. The highest BCUT2D eigenvalue weighted by molar-refractivity contribution is 9.10. The Morgan fingerprint density at radius 3 is 2.54 bits per heavy atom. The summed E-state index contributed by atoms with van der Waals surface area (Å²) in [5, 5.41) is 4.34. The number of carbonyl (C=O) groups excluding carboxylic acids is 1. The van der Waals surface area contributed by atoms with Crippen molar-refractivity contribution in [3.63, 3.8) is 0 Å². The molecule has 1 unspecified atom stereocenters. The van der Waals surface area contributed by atoms with Crippen LogP contribution in [0.5, 0.6) is 0 Å².